The molecule has 0 aliphatic heterocycles. The number of hydrogen-bond acceptors (Lipinski definition) is 1. The van der Waals surface area contributed by atoms with E-state index in [2.05, 4.69) is 64.3 Å². The molecule has 1 aliphatic carbocycles. The van der Waals surface area contributed by atoms with Crippen molar-refractivity contribution in [3.63, 3.8) is 0 Å². The van der Waals surface area contributed by atoms with E-state index in [0.717, 1.165) is 17.8 Å². The highest BCUT2D eigenvalue weighted by Crippen LogP contribution is 2.39. The van der Waals surface area contributed by atoms with Crippen LogP contribution < -0.4 is 5.32 Å². The molecule has 1 nitrogen and oxygen atoms in total. The minimum absolute atomic E-state index is 0.515. The highest BCUT2D eigenvalue weighted by molar-refractivity contribution is 5.27. The van der Waals surface area contributed by atoms with Gasteiger partial charge in [-0.2, -0.15) is 0 Å². The van der Waals surface area contributed by atoms with Gasteiger partial charge in [0.2, 0.25) is 0 Å². The highest BCUT2D eigenvalue weighted by Gasteiger charge is 2.30. The summed E-state index contributed by atoms with van der Waals surface area (Å²) < 4.78 is 0. The lowest BCUT2D eigenvalue weighted by Gasteiger charge is -2.36. The van der Waals surface area contributed by atoms with Crippen LogP contribution in [0.1, 0.15) is 70.0 Å². The van der Waals surface area contributed by atoms with Crippen LogP contribution in [0.3, 0.4) is 0 Å². The molecular formula is C19H31N. The van der Waals surface area contributed by atoms with Crippen molar-refractivity contribution in [1.29, 1.82) is 0 Å². The van der Waals surface area contributed by atoms with Gasteiger partial charge < -0.3 is 5.32 Å². The van der Waals surface area contributed by atoms with Gasteiger partial charge in [0.15, 0.2) is 0 Å². The summed E-state index contributed by atoms with van der Waals surface area (Å²) in [5.41, 5.74) is 2.90. The molecule has 1 heteroatoms. The quantitative estimate of drug-likeness (QED) is 0.800. The molecule has 1 N–H and O–H groups in total. The highest BCUT2D eigenvalue weighted by atomic mass is 14.9. The van der Waals surface area contributed by atoms with Gasteiger partial charge in [-0.25, -0.2) is 0 Å². The van der Waals surface area contributed by atoms with E-state index in [-0.39, 0.29) is 0 Å². The van der Waals surface area contributed by atoms with Gasteiger partial charge in [-0.1, -0.05) is 52.0 Å². The molecular weight excluding hydrogens is 242 g/mol. The first kappa shape index (κ1) is 15.6. The molecule has 0 amide bonds. The van der Waals surface area contributed by atoms with Crippen molar-refractivity contribution >= 4 is 0 Å². The Kier molecular flexibility index (Phi) is 5.26. The third-order valence-corrected chi connectivity index (χ3v) is 4.96. The maximum atomic E-state index is 3.58. The van der Waals surface area contributed by atoms with Gasteiger partial charge >= 0.3 is 0 Å². The van der Waals surface area contributed by atoms with Crippen LogP contribution in [0.15, 0.2) is 24.3 Å². The molecule has 0 bridgehead atoms. The Bertz CT molecular complexity index is 396. The maximum Gasteiger partial charge on any atom is 0.0346 e. The molecule has 0 radical (unpaired) electrons. The van der Waals surface area contributed by atoms with E-state index < -0.39 is 0 Å². The molecule has 3 unspecified atom stereocenters. The first-order chi connectivity index (χ1) is 9.51. The molecule has 112 valence electrons. The Balaban J connectivity index is 2.14. The largest absolute Gasteiger partial charge is 0.313 e. The Hall–Kier alpha value is -0.820. The van der Waals surface area contributed by atoms with Crippen molar-refractivity contribution in [1.82, 2.24) is 5.32 Å². The number of nitrogens with one attached hydrogen (secondary N) is 1. The third-order valence-electron chi connectivity index (χ3n) is 4.96. The van der Waals surface area contributed by atoms with Gasteiger partial charge in [0, 0.05) is 6.04 Å². The zero-order chi connectivity index (χ0) is 14.7. The van der Waals surface area contributed by atoms with Crippen LogP contribution in [0.2, 0.25) is 0 Å². The van der Waals surface area contributed by atoms with Crippen LogP contribution in [0.5, 0.6) is 0 Å². The normalized spacial score (nSPS) is 28.6. The van der Waals surface area contributed by atoms with E-state index in [1.807, 2.05) is 0 Å². The second-order valence-electron chi connectivity index (χ2n) is 7.27. The predicted molar refractivity (Wildman–Crippen MR) is 88.0 cm³/mol. The lowest BCUT2D eigenvalue weighted by molar-refractivity contribution is 0.180. The Morgan fingerprint density at radius 3 is 1.85 bits per heavy atom. The molecule has 1 fully saturated rings. The average molecular weight is 273 g/mol. The van der Waals surface area contributed by atoms with Crippen LogP contribution in [0.25, 0.3) is 0 Å². The number of rotatable bonds is 4. The molecule has 0 spiro atoms. The summed E-state index contributed by atoms with van der Waals surface area (Å²) in [6.45, 7) is 9.35. The lowest BCUT2D eigenvalue weighted by Crippen LogP contribution is -2.31. The molecule has 1 aromatic carbocycles. The van der Waals surface area contributed by atoms with Gasteiger partial charge in [0.05, 0.1) is 0 Å². The summed E-state index contributed by atoms with van der Waals surface area (Å²) >= 11 is 0. The van der Waals surface area contributed by atoms with E-state index in [1.165, 1.54) is 30.4 Å². The smallest absolute Gasteiger partial charge is 0.0346 e. The molecule has 3 atom stereocenters. The molecule has 1 aromatic rings. The molecule has 1 aliphatic rings. The van der Waals surface area contributed by atoms with E-state index in [9.17, 15) is 0 Å². The van der Waals surface area contributed by atoms with E-state index in [4.69, 9.17) is 0 Å². The van der Waals surface area contributed by atoms with Crippen LogP contribution in [-0.4, -0.2) is 7.05 Å². The Morgan fingerprint density at radius 1 is 0.900 bits per heavy atom. The van der Waals surface area contributed by atoms with Crippen molar-refractivity contribution < 1.29 is 0 Å². The molecule has 1 saturated carbocycles. The summed E-state index contributed by atoms with van der Waals surface area (Å²) in [5.74, 6) is 3.14. The van der Waals surface area contributed by atoms with E-state index in [1.54, 1.807) is 0 Å². The Morgan fingerprint density at radius 2 is 1.40 bits per heavy atom. The summed E-state index contributed by atoms with van der Waals surface area (Å²) in [4.78, 5) is 0. The summed E-state index contributed by atoms with van der Waals surface area (Å²) in [6, 6.07) is 9.79. The number of benzene rings is 1. The minimum atomic E-state index is 0.515. The van der Waals surface area contributed by atoms with Gasteiger partial charge in [-0.05, 0) is 61.1 Å². The SMILES string of the molecule is CNC(c1ccc(C(C)C)cc1)C1CC(C)CC(C)C1. The van der Waals surface area contributed by atoms with Crippen LogP contribution in [0, 0.1) is 17.8 Å². The van der Waals surface area contributed by atoms with Crippen LogP contribution >= 0.6 is 0 Å². The molecule has 0 saturated heterocycles. The minimum Gasteiger partial charge on any atom is -0.313 e. The lowest BCUT2D eigenvalue weighted by atomic mass is 9.72. The fraction of sp³-hybridized carbons (Fsp3) is 0.684. The summed E-state index contributed by atoms with van der Waals surface area (Å²) in [7, 11) is 2.12. The summed E-state index contributed by atoms with van der Waals surface area (Å²) in [5, 5.41) is 3.58. The van der Waals surface area contributed by atoms with Crippen molar-refractivity contribution in [3.05, 3.63) is 35.4 Å². The van der Waals surface area contributed by atoms with E-state index in [0.29, 0.717) is 12.0 Å². The van der Waals surface area contributed by atoms with Gasteiger partial charge in [0.25, 0.3) is 0 Å². The molecule has 0 heterocycles. The zero-order valence-electron chi connectivity index (χ0n) is 13.8. The first-order valence-electron chi connectivity index (χ1n) is 8.28. The fourth-order valence-electron chi connectivity index (χ4n) is 4.04. The van der Waals surface area contributed by atoms with E-state index >= 15 is 0 Å². The summed E-state index contributed by atoms with van der Waals surface area (Å²) in [6.07, 6.45) is 4.13. The standard InChI is InChI=1S/C19H31N/c1-13(2)16-6-8-17(9-7-16)19(20-5)18-11-14(3)10-15(4)12-18/h6-9,13-15,18-20H,10-12H2,1-5H3. The fourth-order valence-corrected chi connectivity index (χ4v) is 4.04. The van der Waals surface area contributed by atoms with Crippen LogP contribution in [0.4, 0.5) is 0 Å². The van der Waals surface area contributed by atoms with Gasteiger partial charge in [0.1, 0.15) is 0 Å². The second kappa shape index (κ2) is 6.76. The monoisotopic (exact) mass is 273 g/mol. The first-order valence-corrected chi connectivity index (χ1v) is 8.28. The predicted octanol–water partition coefficient (Wildman–Crippen LogP) is 5.14. The number of hydrogen-bond donors (Lipinski definition) is 1. The molecule has 20 heavy (non-hydrogen) atoms. The van der Waals surface area contributed by atoms with Crippen molar-refractivity contribution in [2.75, 3.05) is 7.05 Å². The van der Waals surface area contributed by atoms with Crippen molar-refractivity contribution in [3.8, 4) is 0 Å². The van der Waals surface area contributed by atoms with Crippen molar-refractivity contribution in [2.45, 2.75) is 58.9 Å². The molecule has 0 aromatic heterocycles. The molecule has 2 rings (SSSR count). The van der Waals surface area contributed by atoms with Gasteiger partial charge in [-0.15, -0.1) is 0 Å². The third kappa shape index (κ3) is 3.63. The second-order valence-corrected chi connectivity index (χ2v) is 7.27. The van der Waals surface area contributed by atoms with Crippen molar-refractivity contribution in [2.24, 2.45) is 17.8 Å². The zero-order valence-corrected chi connectivity index (χ0v) is 13.8. The van der Waals surface area contributed by atoms with Crippen LogP contribution in [-0.2, 0) is 0 Å². The maximum absolute atomic E-state index is 3.58. The van der Waals surface area contributed by atoms with Gasteiger partial charge in [-0.3, -0.25) is 0 Å². The Labute approximate surface area is 125 Å². The topological polar surface area (TPSA) is 12.0 Å². The average Bonchev–Trinajstić information content (AvgIpc) is 2.39.